The number of hydrogen-bond acceptors (Lipinski definition) is 4. The lowest BCUT2D eigenvalue weighted by Crippen LogP contribution is -2.38. The molecule has 1 aromatic heterocycles. The molecule has 6 nitrogen and oxygen atoms in total. The maximum Gasteiger partial charge on any atom is 0.214 e. The second kappa shape index (κ2) is 9.67. The van der Waals surface area contributed by atoms with E-state index < -0.39 is 10.0 Å². The Hall–Kier alpha value is -1.70. The summed E-state index contributed by atoms with van der Waals surface area (Å²) in [5.41, 5.74) is 5.01. The van der Waals surface area contributed by atoms with E-state index in [9.17, 15) is 8.42 Å². The van der Waals surface area contributed by atoms with E-state index in [4.69, 9.17) is 4.74 Å². The van der Waals surface area contributed by atoms with E-state index in [1.807, 2.05) is 6.20 Å². The number of unbranched alkanes of at least 4 members (excludes halogenated alkanes) is 1. The van der Waals surface area contributed by atoms with Crippen LogP contribution in [0.3, 0.4) is 0 Å². The van der Waals surface area contributed by atoms with Gasteiger partial charge in [0.05, 0.1) is 11.6 Å². The standard InChI is InChI=1S/C21H31N3O3S/c1-16-6-5-8-19(17(16)2)20(21-14-22-15-23-21)7-3-4-11-24-28(25,26)18-9-12-27-13-10-18/h5-6,8,14-15,18,20,24H,3-4,7,9-13H2,1-2H3,(H,22,23). The van der Waals surface area contributed by atoms with Gasteiger partial charge in [0, 0.05) is 37.6 Å². The highest BCUT2D eigenvalue weighted by atomic mass is 32.2. The molecule has 2 aromatic rings. The number of ether oxygens (including phenoxy) is 1. The summed E-state index contributed by atoms with van der Waals surface area (Å²) in [4.78, 5) is 7.45. The molecule has 0 saturated carbocycles. The van der Waals surface area contributed by atoms with E-state index in [0.717, 1.165) is 25.0 Å². The van der Waals surface area contributed by atoms with Gasteiger partial charge in [-0.15, -0.1) is 0 Å². The van der Waals surface area contributed by atoms with Crippen LogP contribution >= 0.6 is 0 Å². The van der Waals surface area contributed by atoms with Crippen LogP contribution in [0.1, 0.15) is 60.4 Å². The third kappa shape index (κ3) is 5.21. The predicted octanol–water partition coefficient (Wildman–Crippen LogP) is 3.43. The molecular weight excluding hydrogens is 374 g/mol. The Morgan fingerprint density at radius 3 is 2.75 bits per heavy atom. The van der Waals surface area contributed by atoms with Crippen LogP contribution < -0.4 is 4.72 Å². The normalized spacial score (nSPS) is 16.9. The van der Waals surface area contributed by atoms with Gasteiger partial charge in [0.15, 0.2) is 0 Å². The zero-order valence-corrected chi connectivity index (χ0v) is 17.6. The van der Waals surface area contributed by atoms with Gasteiger partial charge in [0.2, 0.25) is 10.0 Å². The lowest BCUT2D eigenvalue weighted by atomic mass is 9.86. The van der Waals surface area contributed by atoms with Gasteiger partial charge in [-0.3, -0.25) is 0 Å². The Kier molecular flexibility index (Phi) is 7.26. The van der Waals surface area contributed by atoms with Gasteiger partial charge < -0.3 is 9.72 Å². The van der Waals surface area contributed by atoms with E-state index in [-0.39, 0.29) is 11.2 Å². The first-order valence-electron chi connectivity index (χ1n) is 10.1. The summed E-state index contributed by atoms with van der Waals surface area (Å²) in [6.07, 6.45) is 7.49. The Bertz CT molecular complexity index is 844. The number of benzene rings is 1. The van der Waals surface area contributed by atoms with Crippen LogP contribution in [0.5, 0.6) is 0 Å². The Morgan fingerprint density at radius 2 is 2.04 bits per heavy atom. The fourth-order valence-corrected chi connectivity index (χ4v) is 5.36. The molecule has 7 heteroatoms. The van der Waals surface area contributed by atoms with Crippen LogP contribution in [0.2, 0.25) is 0 Å². The fourth-order valence-electron chi connectivity index (χ4n) is 3.88. The van der Waals surface area contributed by atoms with Crippen molar-refractivity contribution in [2.45, 2.75) is 57.1 Å². The average Bonchev–Trinajstić information content (AvgIpc) is 3.22. The first-order valence-corrected chi connectivity index (χ1v) is 11.6. The molecule has 1 unspecified atom stereocenters. The summed E-state index contributed by atoms with van der Waals surface area (Å²) >= 11 is 0. The number of aromatic nitrogens is 2. The molecule has 1 aromatic carbocycles. The van der Waals surface area contributed by atoms with Crippen molar-refractivity contribution in [3.63, 3.8) is 0 Å². The van der Waals surface area contributed by atoms with Gasteiger partial charge in [-0.2, -0.15) is 0 Å². The van der Waals surface area contributed by atoms with Gasteiger partial charge in [0.1, 0.15) is 0 Å². The quantitative estimate of drug-likeness (QED) is 0.626. The van der Waals surface area contributed by atoms with E-state index in [2.05, 4.69) is 46.7 Å². The fraction of sp³-hybridized carbons (Fsp3) is 0.571. The van der Waals surface area contributed by atoms with E-state index in [0.29, 0.717) is 32.6 Å². The van der Waals surface area contributed by atoms with Crippen LogP contribution in [0.4, 0.5) is 0 Å². The number of rotatable bonds is 9. The van der Waals surface area contributed by atoms with Gasteiger partial charge in [0.25, 0.3) is 0 Å². The first-order chi connectivity index (χ1) is 13.5. The number of H-pyrrole nitrogens is 1. The number of nitrogens with one attached hydrogen (secondary N) is 2. The smallest absolute Gasteiger partial charge is 0.214 e. The molecule has 28 heavy (non-hydrogen) atoms. The highest BCUT2D eigenvalue weighted by Crippen LogP contribution is 2.31. The molecule has 1 atom stereocenters. The highest BCUT2D eigenvalue weighted by Gasteiger charge is 2.27. The molecule has 154 valence electrons. The Labute approximate surface area is 168 Å². The van der Waals surface area contributed by atoms with Crippen molar-refractivity contribution >= 4 is 10.0 Å². The molecule has 1 aliphatic heterocycles. The van der Waals surface area contributed by atoms with Crippen molar-refractivity contribution in [3.05, 3.63) is 53.1 Å². The molecule has 0 aliphatic carbocycles. The molecule has 1 aliphatic rings. The molecule has 1 fully saturated rings. The van der Waals surface area contributed by atoms with Crippen LogP contribution in [-0.2, 0) is 14.8 Å². The topological polar surface area (TPSA) is 84.1 Å². The third-order valence-corrected chi connectivity index (χ3v) is 7.70. The minimum atomic E-state index is -3.24. The van der Waals surface area contributed by atoms with E-state index >= 15 is 0 Å². The average molecular weight is 406 g/mol. The minimum absolute atomic E-state index is 0.245. The van der Waals surface area contributed by atoms with Gasteiger partial charge in [-0.05, 0) is 56.2 Å². The maximum atomic E-state index is 12.4. The SMILES string of the molecule is Cc1cccc(C(CCCCNS(=O)(=O)C2CCOCC2)c2cnc[nH]2)c1C. The number of nitrogens with zero attached hydrogens (tertiary/aromatic N) is 1. The van der Waals surface area contributed by atoms with Crippen molar-refractivity contribution < 1.29 is 13.2 Å². The van der Waals surface area contributed by atoms with Gasteiger partial charge in [-0.1, -0.05) is 24.6 Å². The zero-order chi connectivity index (χ0) is 20.0. The van der Waals surface area contributed by atoms with Crippen molar-refractivity contribution in [1.29, 1.82) is 0 Å². The third-order valence-electron chi connectivity index (χ3n) is 5.75. The van der Waals surface area contributed by atoms with Crippen molar-refractivity contribution in [2.24, 2.45) is 0 Å². The van der Waals surface area contributed by atoms with Gasteiger partial charge in [-0.25, -0.2) is 18.1 Å². The molecule has 0 amide bonds. The molecule has 2 N–H and O–H groups in total. The highest BCUT2D eigenvalue weighted by molar-refractivity contribution is 7.90. The van der Waals surface area contributed by atoms with Crippen LogP contribution in [0, 0.1) is 13.8 Å². The Balaban J connectivity index is 1.55. The Morgan fingerprint density at radius 1 is 1.25 bits per heavy atom. The second-order valence-electron chi connectivity index (χ2n) is 7.60. The largest absolute Gasteiger partial charge is 0.381 e. The van der Waals surface area contributed by atoms with E-state index in [1.54, 1.807) is 6.33 Å². The minimum Gasteiger partial charge on any atom is -0.381 e. The summed E-state index contributed by atoms with van der Waals surface area (Å²) in [6, 6.07) is 6.42. The summed E-state index contributed by atoms with van der Waals surface area (Å²) < 4.78 is 32.8. The maximum absolute atomic E-state index is 12.4. The van der Waals surface area contributed by atoms with E-state index in [1.165, 1.54) is 16.7 Å². The summed E-state index contributed by atoms with van der Waals surface area (Å²) in [7, 11) is -3.24. The number of aromatic amines is 1. The molecule has 0 spiro atoms. The number of hydrogen-bond donors (Lipinski definition) is 2. The number of sulfonamides is 1. The lowest BCUT2D eigenvalue weighted by Gasteiger charge is -2.22. The molecule has 0 radical (unpaired) electrons. The first kappa shape index (κ1) is 21.0. The van der Waals surface area contributed by atoms with Crippen molar-refractivity contribution in [3.8, 4) is 0 Å². The van der Waals surface area contributed by atoms with Crippen LogP contribution in [0.25, 0.3) is 0 Å². The zero-order valence-electron chi connectivity index (χ0n) is 16.8. The number of aryl methyl sites for hydroxylation is 1. The monoisotopic (exact) mass is 405 g/mol. The molecule has 3 rings (SSSR count). The lowest BCUT2D eigenvalue weighted by molar-refractivity contribution is 0.0981. The summed E-state index contributed by atoms with van der Waals surface area (Å²) in [6.45, 7) is 5.85. The van der Waals surface area contributed by atoms with Crippen molar-refractivity contribution in [1.82, 2.24) is 14.7 Å². The second-order valence-corrected chi connectivity index (χ2v) is 9.64. The molecule has 1 saturated heterocycles. The summed E-state index contributed by atoms with van der Waals surface area (Å²) in [5, 5.41) is -0.311. The number of imidazole rings is 1. The van der Waals surface area contributed by atoms with Gasteiger partial charge >= 0.3 is 0 Å². The predicted molar refractivity (Wildman–Crippen MR) is 111 cm³/mol. The van der Waals surface area contributed by atoms with Crippen LogP contribution in [-0.4, -0.2) is 43.4 Å². The molecule has 2 heterocycles. The van der Waals surface area contributed by atoms with Crippen molar-refractivity contribution in [2.75, 3.05) is 19.8 Å². The molecule has 0 bridgehead atoms. The van der Waals surface area contributed by atoms with Crippen LogP contribution in [0.15, 0.2) is 30.7 Å². The molecular formula is C21H31N3O3S. The summed E-state index contributed by atoms with van der Waals surface area (Å²) in [5.74, 6) is 0.245.